The summed E-state index contributed by atoms with van der Waals surface area (Å²) in [7, 11) is 0. The summed E-state index contributed by atoms with van der Waals surface area (Å²) in [5, 5.41) is 0.691. The summed E-state index contributed by atoms with van der Waals surface area (Å²) >= 11 is 6.00. The van der Waals surface area contributed by atoms with E-state index in [-0.39, 0.29) is 0 Å². The van der Waals surface area contributed by atoms with Crippen LogP contribution < -0.4 is 9.64 Å². The Hall–Kier alpha value is -4.09. The minimum Gasteiger partial charge on any atom is -0.457 e. The molecule has 0 bridgehead atoms. The molecule has 2 heterocycles. The van der Waals surface area contributed by atoms with Crippen LogP contribution in [0.3, 0.4) is 0 Å². The number of benzene rings is 3. The average Bonchev–Trinajstić information content (AvgIpc) is 3.40. The first kappa shape index (κ1) is 28.4. The van der Waals surface area contributed by atoms with Crippen molar-refractivity contribution >= 4 is 17.3 Å². The van der Waals surface area contributed by atoms with Gasteiger partial charge in [-0.1, -0.05) is 49.7 Å². The first-order valence-electron chi connectivity index (χ1n) is 14.3. The molecule has 0 aliphatic rings. The van der Waals surface area contributed by atoms with Crippen LogP contribution in [-0.2, 0) is 12.8 Å². The van der Waals surface area contributed by atoms with Gasteiger partial charge in [-0.3, -0.25) is 4.98 Å². The molecule has 0 atom stereocenters. The van der Waals surface area contributed by atoms with E-state index in [0.717, 1.165) is 66.6 Å². The Morgan fingerprint density at radius 2 is 1.51 bits per heavy atom. The zero-order valence-corrected chi connectivity index (χ0v) is 24.8. The van der Waals surface area contributed by atoms with Gasteiger partial charge in [0.2, 0.25) is 0 Å². The summed E-state index contributed by atoms with van der Waals surface area (Å²) in [4.78, 5) is 11.6. The predicted octanol–water partition coefficient (Wildman–Crippen LogP) is 9.04. The number of hydrogen-bond donors (Lipinski definition) is 0. The third-order valence-electron chi connectivity index (χ3n) is 7.09. The maximum atomic E-state index is 6.00. The molecule has 0 aliphatic heterocycles. The van der Waals surface area contributed by atoms with E-state index in [2.05, 4.69) is 89.9 Å². The van der Waals surface area contributed by atoms with Crippen molar-refractivity contribution in [2.24, 2.45) is 5.92 Å². The second kappa shape index (κ2) is 13.5. The van der Waals surface area contributed by atoms with E-state index in [1.807, 2.05) is 48.8 Å². The zero-order chi connectivity index (χ0) is 28.6. The van der Waals surface area contributed by atoms with E-state index in [4.69, 9.17) is 21.3 Å². The lowest BCUT2D eigenvalue weighted by atomic mass is 10.1. The number of nitrogens with zero attached hydrogens (tertiary/aromatic N) is 4. The molecule has 0 unspecified atom stereocenters. The van der Waals surface area contributed by atoms with Crippen LogP contribution in [0.1, 0.15) is 38.6 Å². The minimum atomic E-state index is 0.494. The second-order valence-electron chi connectivity index (χ2n) is 10.6. The molecule has 0 N–H and O–H groups in total. The van der Waals surface area contributed by atoms with Crippen LogP contribution >= 0.6 is 11.6 Å². The summed E-state index contributed by atoms with van der Waals surface area (Å²) in [6.07, 6.45) is 8.90. The Bertz CT molecular complexity index is 1510. The molecule has 41 heavy (non-hydrogen) atoms. The van der Waals surface area contributed by atoms with Crippen molar-refractivity contribution in [1.29, 1.82) is 0 Å². The van der Waals surface area contributed by atoms with Gasteiger partial charge in [-0.2, -0.15) is 0 Å². The van der Waals surface area contributed by atoms with E-state index in [1.165, 1.54) is 11.3 Å². The lowest BCUT2D eigenvalue weighted by molar-refractivity contribution is 0.482. The molecule has 3 aromatic carbocycles. The van der Waals surface area contributed by atoms with Crippen LogP contribution in [0.15, 0.2) is 104 Å². The van der Waals surface area contributed by atoms with Crippen molar-refractivity contribution in [3.63, 3.8) is 0 Å². The number of ether oxygens (including phenoxy) is 1. The van der Waals surface area contributed by atoms with E-state index in [9.17, 15) is 0 Å². The fourth-order valence-electron chi connectivity index (χ4n) is 4.94. The fraction of sp³-hybridized carbons (Fsp3) is 0.257. The highest BCUT2D eigenvalue weighted by atomic mass is 35.5. The third-order valence-corrected chi connectivity index (χ3v) is 7.34. The highest BCUT2D eigenvalue weighted by Crippen LogP contribution is 2.27. The van der Waals surface area contributed by atoms with Gasteiger partial charge in [0.05, 0.1) is 5.69 Å². The number of pyridine rings is 1. The summed E-state index contributed by atoms with van der Waals surface area (Å²) < 4.78 is 8.19. The third kappa shape index (κ3) is 7.56. The van der Waals surface area contributed by atoms with Crippen molar-refractivity contribution in [2.75, 3.05) is 18.0 Å². The Morgan fingerprint density at radius 1 is 0.854 bits per heavy atom. The molecular formula is C35H37ClN4O. The SMILES string of the molecule is CCN(CCCc1ccc(-c2cn(-c3ccc(Oc4ccc(Cl)cc4)cc3)c(CC(C)C)n2)cc1)c1ccncc1. The van der Waals surface area contributed by atoms with Gasteiger partial charge >= 0.3 is 0 Å². The maximum absolute atomic E-state index is 6.00. The van der Waals surface area contributed by atoms with Gasteiger partial charge in [-0.25, -0.2) is 4.98 Å². The quantitative estimate of drug-likeness (QED) is 0.152. The van der Waals surface area contributed by atoms with Gasteiger partial charge in [-0.05, 0) is 91.9 Å². The highest BCUT2D eigenvalue weighted by Gasteiger charge is 2.13. The fourth-order valence-corrected chi connectivity index (χ4v) is 5.07. The molecule has 5 aromatic rings. The number of halogens is 1. The van der Waals surface area contributed by atoms with Crippen LogP contribution in [0, 0.1) is 5.92 Å². The van der Waals surface area contributed by atoms with Gasteiger partial charge < -0.3 is 14.2 Å². The number of anilines is 1. The van der Waals surface area contributed by atoms with Crippen LogP contribution in [0.4, 0.5) is 5.69 Å². The topological polar surface area (TPSA) is 43.2 Å². The molecule has 0 aliphatic carbocycles. The predicted molar refractivity (Wildman–Crippen MR) is 170 cm³/mol. The molecule has 0 saturated heterocycles. The van der Waals surface area contributed by atoms with Crippen molar-refractivity contribution < 1.29 is 4.74 Å². The molecule has 0 radical (unpaired) electrons. The summed E-state index contributed by atoms with van der Waals surface area (Å²) in [6, 6.07) is 28.6. The number of hydrogen-bond acceptors (Lipinski definition) is 4. The molecule has 2 aromatic heterocycles. The molecule has 5 rings (SSSR count). The van der Waals surface area contributed by atoms with Crippen LogP contribution in [0.25, 0.3) is 16.9 Å². The monoisotopic (exact) mass is 564 g/mol. The average molecular weight is 565 g/mol. The first-order valence-corrected chi connectivity index (χ1v) is 14.7. The van der Waals surface area contributed by atoms with Gasteiger partial charge in [0.15, 0.2) is 0 Å². The van der Waals surface area contributed by atoms with Crippen LogP contribution in [-0.4, -0.2) is 27.6 Å². The Labute approximate surface area is 248 Å². The summed E-state index contributed by atoms with van der Waals surface area (Å²) in [5.74, 6) is 3.09. The van der Waals surface area contributed by atoms with Crippen molar-refractivity contribution in [3.8, 4) is 28.4 Å². The Balaban J connectivity index is 1.27. The summed E-state index contributed by atoms with van der Waals surface area (Å²) in [5.41, 5.74) is 5.76. The molecule has 5 nitrogen and oxygen atoms in total. The zero-order valence-electron chi connectivity index (χ0n) is 24.0. The Morgan fingerprint density at radius 3 is 2.15 bits per heavy atom. The number of aromatic nitrogens is 3. The number of aryl methyl sites for hydroxylation is 1. The number of rotatable bonds is 12. The maximum Gasteiger partial charge on any atom is 0.127 e. The normalized spacial score (nSPS) is 11.1. The lowest BCUT2D eigenvalue weighted by Crippen LogP contribution is -2.24. The van der Waals surface area contributed by atoms with Crippen molar-refractivity contribution in [3.05, 3.63) is 120 Å². The first-order chi connectivity index (χ1) is 20.0. The van der Waals surface area contributed by atoms with Crippen molar-refractivity contribution in [1.82, 2.24) is 14.5 Å². The van der Waals surface area contributed by atoms with E-state index in [0.29, 0.717) is 10.9 Å². The van der Waals surface area contributed by atoms with E-state index >= 15 is 0 Å². The number of imidazole rings is 1. The van der Waals surface area contributed by atoms with Gasteiger partial charge in [0.1, 0.15) is 17.3 Å². The van der Waals surface area contributed by atoms with Crippen LogP contribution in [0.5, 0.6) is 11.5 Å². The second-order valence-corrected chi connectivity index (χ2v) is 11.1. The molecule has 6 heteroatoms. The molecular weight excluding hydrogens is 528 g/mol. The largest absolute Gasteiger partial charge is 0.457 e. The van der Waals surface area contributed by atoms with Crippen molar-refractivity contribution in [2.45, 2.75) is 40.0 Å². The lowest BCUT2D eigenvalue weighted by Gasteiger charge is -2.22. The molecule has 0 amide bonds. The van der Waals surface area contributed by atoms with Gasteiger partial charge in [0, 0.05) is 60.1 Å². The molecule has 0 fully saturated rings. The molecule has 210 valence electrons. The summed E-state index contributed by atoms with van der Waals surface area (Å²) in [6.45, 7) is 8.67. The molecule has 0 spiro atoms. The molecule has 0 saturated carbocycles. The minimum absolute atomic E-state index is 0.494. The highest BCUT2D eigenvalue weighted by molar-refractivity contribution is 6.30. The van der Waals surface area contributed by atoms with Gasteiger partial charge in [0.25, 0.3) is 0 Å². The van der Waals surface area contributed by atoms with Gasteiger partial charge in [-0.15, -0.1) is 0 Å². The smallest absolute Gasteiger partial charge is 0.127 e. The Kier molecular flexibility index (Phi) is 9.37. The standard InChI is InChI=1S/C35H37ClN4O/c1-4-39(30-19-21-37-22-20-30)23-5-6-27-7-9-28(10-8-27)34-25-40(35(38-34)24-26(2)3)31-13-17-33(18-14-31)41-32-15-11-29(36)12-16-32/h7-22,25-26H,4-6,23-24H2,1-3H3. The van der Waals surface area contributed by atoms with E-state index in [1.54, 1.807) is 0 Å². The van der Waals surface area contributed by atoms with E-state index < -0.39 is 0 Å². The van der Waals surface area contributed by atoms with Crippen LogP contribution in [0.2, 0.25) is 5.02 Å².